The Bertz CT molecular complexity index is 1240. The quantitative estimate of drug-likeness (QED) is 0.0939. The Labute approximate surface area is 212 Å². The van der Waals surface area contributed by atoms with Crippen LogP contribution in [0.15, 0.2) is 28.1 Å². The van der Waals surface area contributed by atoms with Crippen LogP contribution in [-0.4, -0.2) is 102 Å². The molecule has 3 saturated heterocycles. The monoisotopic (exact) mass is 534 g/mol. The summed E-state index contributed by atoms with van der Waals surface area (Å²) in [5.41, 5.74) is 5.67. The van der Waals surface area contributed by atoms with Crippen molar-refractivity contribution in [2.75, 3.05) is 31.1 Å². The van der Waals surface area contributed by atoms with E-state index in [1.165, 1.54) is 11.8 Å². The summed E-state index contributed by atoms with van der Waals surface area (Å²) in [6.45, 7) is 2.17. The third-order valence-corrected chi connectivity index (χ3v) is 8.28. The molecule has 3 amide bonds. The van der Waals surface area contributed by atoms with E-state index in [4.69, 9.17) is 5.73 Å². The summed E-state index contributed by atoms with van der Waals surface area (Å²) in [4.78, 5) is 57.3. The Balaban J connectivity index is 1.33. The van der Waals surface area contributed by atoms with E-state index in [1.54, 1.807) is 6.08 Å². The number of carboxylic acids is 1. The average molecular weight is 535 g/mol. The highest BCUT2D eigenvalue weighted by Crippen LogP contribution is 2.41. The molecule has 0 saturated carbocycles. The molecule has 0 unspecified atom stereocenters. The molecule has 4 aliphatic heterocycles. The van der Waals surface area contributed by atoms with Gasteiger partial charge in [0, 0.05) is 42.0 Å². The highest BCUT2D eigenvalue weighted by Gasteiger charge is 2.54. The molecule has 36 heavy (non-hydrogen) atoms. The fourth-order valence-corrected chi connectivity index (χ4v) is 6.46. The second-order valence-corrected chi connectivity index (χ2v) is 10.4. The van der Waals surface area contributed by atoms with Crippen LogP contribution in [0.25, 0.3) is 0 Å². The number of nitrogens with one attached hydrogen (secondary N) is 2. The van der Waals surface area contributed by atoms with E-state index in [0.717, 1.165) is 35.9 Å². The normalized spacial score (nSPS) is 27.5. The van der Waals surface area contributed by atoms with E-state index >= 15 is 0 Å². The van der Waals surface area contributed by atoms with Crippen molar-refractivity contribution in [1.29, 1.82) is 0 Å². The average Bonchev–Trinajstić information content (AvgIpc) is 3.60. The van der Waals surface area contributed by atoms with Crippen LogP contribution in [0.2, 0.25) is 0 Å². The summed E-state index contributed by atoms with van der Waals surface area (Å²) in [6, 6.07) is -0.914. The number of likely N-dealkylation sites (tertiary alicyclic amines) is 1. The smallest absolute Gasteiger partial charge is 0.352 e. The molecule has 0 aromatic carbocycles. The predicted octanol–water partition coefficient (Wildman–Crippen LogP) is -1.44. The number of carbonyl (C=O) groups excluding carboxylic acids is 3. The number of allylic oxidation sites excluding steroid dienone is 1. The second kappa shape index (κ2) is 9.51. The van der Waals surface area contributed by atoms with E-state index in [0.29, 0.717) is 24.1 Å². The maximum Gasteiger partial charge on any atom is 0.352 e. The third-order valence-electron chi connectivity index (χ3n) is 6.44. The van der Waals surface area contributed by atoms with Gasteiger partial charge in [0.05, 0.1) is 0 Å². The maximum absolute atomic E-state index is 12.9. The number of carbonyl (C=O) groups is 4. The zero-order chi connectivity index (χ0) is 25.6. The lowest BCUT2D eigenvalue weighted by atomic mass is 10.0. The molecule has 0 spiro atoms. The van der Waals surface area contributed by atoms with E-state index in [1.807, 2.05) is 4.90 Å². The molecule has 3 atom stereocenters. The van der Waals surface area contributed by atoms with E-state index < -0.39 is 34.9 Å². The van der Waals surface area contributed by atoms with E-state index in [9.17, 15) is 29.5 Å². The number of thioether (sulfide) groups is 1. The van der Waals surface area contributed by atoms with Gasteiger partial charge in [-0.05, 0) is 31.0 Å². The van der Waals surface area contributed by atoms with Gasteiger partial charge in [0.1, 0.15) is 17.1 Å². The van der Waals surface area contributed by atoms with Crippen LogP contribution in [-0.2, 0) is 19.2 Å². The highest BCUT2D eigenvalue weighted by molar-refractivity contribution is 8.00. The first-order valence-corrected chi connectivity index (χ1v) is 12.9. The van der Waals surface area contributed by atoms with Crippen LogP contribution < -0.4 is 16.4 Å². The first-order valence-electron chi connectivity index (χ1n) is 11.1. The van der Waals surface area contributed by atoms with Crippen molar-refractivity contribution >= 4 is 57.8 Å². The van der Waals surface area contributed by atoms with Crippen LogP contribution in [0.4, 0.5) is 5.13 Å². The molecular weight excluding hydrogens is 512 g/mol. The van der Waals surface area contributed by atoms with Gasteiger partial charge in [-0.1, -0.05) is 5.16 Å². The van der Waals surface area contributed by atoms with Crippen molar-refractivity contribution < 1.29 is 29.5 Å². The Hall–Kier alpha value is -3.50. The fourth-order valence-electron chi connectivity index (χ4n) is 4.72. The number of anilines is 1. The number of aliphatic carboxylic acids is 1. The predicted molar refractivity (Wildman–Crippen MR) is 128 cm³/mol. The molecule has 16 heteroatoms. The first-order chi connectivity index (χ1) is 17.3. The minimum atomic E-state index is -1.30. The number of hydrogen-bond acceptors (Lipinski definition) is 12. The molecule has 0 aliphatic carbocycles. The largest absolute Gasteiger partial charge is 0.477 e. The Morgan fingerprint density at radius 2 is 2.14 bits per heavy atom. The van der Waals surface area contributed by atoms with E-state index in [-0.39, 0.29) is 34.4 Å². The van der Waals surface area contributed by atoms with Gasteiger partial charge in [-0.3, -0.25) is 19.3 Å². The number of β-lactam (4-membered cyclic amide) rings is 1. The van der Waals surface area contributed by atoms with Crippen LogP contribution in [0, 0.1) is 0 Å². The fraction of sp³-hybridized carbons (Fsp3) is 0.450. The van der Waals surface area contributed by atoms with Gasteiger partial charge in [0.15, 0.2) is 5.13 Å². The topological polar surface area (TPSA) is 203 Å². The summed E-state index contributed by atoms with van der Waals surface area (Å²) >= 11 is 2.07. The van der Waals surface area contributed by atoms with Crippen molar-refractivity contribution in [3.63, 3.8) is 0 Å². The maximum atomic E-state index is 12.9. The van der Waals surface area contributed by atoms with Crippen molar-refractivity contribution in [3.05, 3.63) is 28.7 Å². The Kier molecular flexibility index (Phi) is 6.40. The van der Waals surface area contributed by atoms with Crippen molar-refractivity contribution in [1.82, 2.24) is 29.8 Å². The summed E-state index contributed by atoms with van der Waals surface area (Å²) < 4.78 is 3.82. The van der Waals surface area contributed by atoms with Gasteiger partial charge in [0.25, 0.3) is 11.8 Å². The summed E-state index contributed by atoms with van der Waals surface area (Å²) in [7, 11) is 0. The number of carboxylic acid groups (broad SMARTS) is 1. The van der Waals surface area contributed by atoms with E-state index in [2.05, 4.69) is 25.1 Å². The highest BCUT2D eigenvalue weighted by atomic mass is 32.2. The van der Waals surface area contributed by atoms with Crippen molar-refractivity contribution in [3.8, 4) is 0 Å². The summed E-state index contributed by atoms with van der Waals surface area (Å²) in [5, 5.41) is 27.1. The van der Waals surface area contributed by atoms with Crippen LogP contribution in [0.5, 0.6) is 0 Å². The van der Waals surface area contributed by atoms with Gasteiger partial charge in [-0.15, -0.1) is 11.8 Å². The molecule has 4 aliphatic rings. The zero-order valence-electron chi connectivity index (χ0n) is 18.7. The molecule has 1 aromatic heterocycles. The van der Waals surface area contributed by atoms with Gasteiger partial charge < -0.3 is 31.6 Å². The van der Waals surface area contributed by atoms with Crippen LogP contribution in [0.1, 0.15) is 18.7 Å². The minimum Gasteiger partial charge on any atom is -0.477 e. The third kappa shape index (κ3) is 4.10. The van der Waals surface area contributed by atoms with Crippen LogP contribution in [0.3, 0.4) is 0 Å². The zero-order valence-corrected chi connectivity index (χ0v) is 20.3. The number of amides is 3. The molecule has 5 rings (SSSR count). The number of rotatable bonds is 6. The van der Waals surface area contributed by atoms with Crippen molar-refractivity contribution in [2.45, 2.75) is 30.3 Å². The standard InChI is InChI=1S/C20H22N8O6S2/c21-20-24-14(26-36-20)11(25-34)15(29)23-12-17(31)28-13(19(32)33)9(7-35-18(12)28)5-8-2-4-27(16(8)30)10-1-3-22-6-10/h5,10,12,18,22,34H,1-4,6-7H2,(H,23,29)(H,32,33)(H2,21,24,26)/t10-,12-,18-/m1/s1. The molecule has 6 N–H and O–H groups in total. The number of hydrogen-bond donors (Lipinski definition) is 5. The minimum absolute atomic E-state index is 0.0642. The Morgan fingerprint density at radius 1 is 1.33 bits per heavy atom. The van der Waals surface area contributed by atoms with Gasteiger partial charge in [-0.2, -0.15) is 9.36 Å². The number of nitrogens with two attached hydrogens (primary N) is 1. The number of nitrogen functional groups attached to an aromatic ring is 1. The lowest BCUT2D eigenvalue weighted by Gasteiger charge is -2.49. The second-order valence-electron chi connectivity index (χ2n) is 8.51. The molecular formula is C20H22N8O6S2. The summed E-state index contributed by atoms with van der Waals surface area (Å²) in [5.74, 6) is -2.90. The molecule has 0 radical (unpaired) electrons. The van der Waals surface area contributed by atoms with Gasteiger partial charge in [-0.25, -0.2) is 4.79 Å². The number of oxime groups is 1. The lowest BCUT2D eigenvalue weighted by Crippen LogP contribution is -2.71. The van der Waals surface area contributed by atoms with Gasteiger partial charge >= 0.3 is 5.97 Å². The molecule has 14 nitrogen and oxygen atoms in total. The SMILES string of the molecule is Nc1nc(C(=NO)C(=O)N[C@@H]2C(=O)N3C(C(=O)O)=C(C=C4CCN([C@@H]5CCNC5)C4=O)CS[C@H]23)ns1. The number of aromatic nitrogens is 2. The lowest BCUT2D eigenvalue weighted by molar-refractivity contribution is -0.150. The first kappa shape index (κ1) is 24.2. The number of fused-ring (bicyclic) bond motifs is 1. The molecule has 0 bridgehead atoms. The molecule has 190 valence electrons. The van der Waals surface area contributed by atoms with Gasteiger partial charge in [0.2, 0.25) is 17.4 Å². The van der Waals surface area contributed by atoms with Crippen LogP contribution >= 0.6 is 23.3 Å². The van der Waals surface area contributed by atoms with Crippen molar-refractivity contribution in [2.24, 2.45) is 5.16 Å². The molecule has 5 heterocycles. The Morgan fingerprint density at radius 3 is 2.78 bits per heavy atom. The molecule has 3 fully saturated rings. The molecule has 1 aromatic rings. The summed E-state index contributed by atoms with van der Waals surface area (Å²) in [6.07, 6.45) is 2.97. The number of nitrogens with zero attached hydrogens (tertiary/aromatic N) is 5.